The van der Waals surface area contributed by atoms with Gasteiger partial charge in [-0.3, -0.25) is 0 Å². The Morgan fingerprint density at radius 2 is 2.24 bits per heavy atom. The first-order valence-electron chi connectivity index (χ1n) is 7.99. The number of hydrogen-bond acceptors (Lipinski definition) is 3. The first-order chi connectivity index (χ1) is 10.1. The van der Waals surface area contributed by atoms with Crippen molar-refractivity contribution in [1.29, 1.82) is 0 Å². The van der Waals surface area contributed by atoms with Gasteiger partial charge in [0, 0.05) is 26.7 Å². The molecule has 0 radical (unpaired) electrons. The molecule has 1 aromatic rings. The van der Waals surface area contributed by atoms with Gasteiger partial charge in [0.05, 0.1) is 10.7 Å². The summed E-state index contributed by atoms with van der Waals surface area (Å²) in [6, 6.07) is 6.23. The van der Waals surface area contributed by atoms with Gasteiger partial charge in [0.1, 0.15) is 0 Å². The topological polar surface area (TPSA) is 18.5 Å². The smallest absolute Gasteiger partial charge is 0.0642 e. The molecule has 1 aromatic carbocycles. The Bertz CT molecular complexity index is 450. The van der Waals surface area contributed by atoms with Gasteiger partial charge in [-0.1, -0.05) is 30.7 Å². The third kappa shape index (κ3) is 4.60. The minimum Gasteiger partial charge on any atom is -0.373 e. The lowest BCUT2D eigenvalue weighted by Gasteiger charge is -2.26. The zero-order chi connectivity index (χ0) is 15.2. The Morgan fingerprint density at radius 3 is 2.90 bits per heavy atom. The van der Waals surface area contributed by atoms with E-state index in [1.165, 1.54) is 30.8 Å². The molecule has 1 aliphatic heterocycles. The molecule has 2 rings (SSSR count). The van der Waals surface area contributed by atoms with Crippen LogP contribution in [0.25, 0.3) is 0 Å². The van der Waals surface area contributed by atoms with Crippen LogP contribution in [-0.4, -0.2) is 45.2 Å². The molecule has 0 spiro atoms. The van der Waals surface area contributed by atoms with Gasteiger partial charge in [-0.05, 0) is 50.5 Å². The lowest BCUT2D eigenvalue weighted by atomic mass is 10.1. The second kappa shape index (κ2) is 8.02. The summed E-state index contributed by atoms with van der Waals surface area (Å²) in [4.78, 5) is 4.75. The van der Waals surface area contributed by atoms with E-state index in [0.29, 0.717) is 0 Å². The number of benzene rings is 1. The maximum absolute atomic E-state index is 6.47. The highest BCUT2D eigenvalue weighted by Crippen LogP contribution is 2.30. The van der Waals surface area contributed by atoms with Crippen LogP contribution in [0.4, 0.5) is 5.69 Å². The molecular formula is C17H28ClN3. The van der Waals surface area contributed by atoms with Gasteiger partial charge in [-0.15, -0.1) is 0 Å². The highest BCUT2D eigenvalue weighted by Gasteiger charge is 2.22. The standard InChI is InChI=1S/C17H28ClN3/c1-4-9-19-11-15-6-5-7-16(18)17(15)21(3)13-14-8-10-20(2)12-14/h5-7,14,19H,4,8-13H2,1-3H3. The Hall–Kier alpha value is -0.770. The maximum Gasteiger partial charge on any atom is 0.0642 e. The summed E-state index contributed by atoms with van der Waals surface area (Å²) in [6.07, 6.45) is 2.44. The van der Waals surface area contributed by atoms with Gasteiger partial charge in [0.2, 0.25) is 0 Å². The Balaban J connectivity index is 2.05. The summed E-state index contributed by atoms with van der Waals surface area (Å²) in [6.45, 7) is 7.61. The van der Waals surface area contributed by atoms with Gasteiger partial charge in [-0.2, -0.15) is 0 Å². The monoisotopic (exact) mass is 309 g/mol. The molecule has 0 saturated carbocycles. The van der Waals surface area contributed by atoms with E-state index >= 15 is 0 Å². The Labute approximate surface area is 134 Å². The fourth-order valence-corrected chi connectivity index (χ4v) is 3.52. The van der Waals surface area contributed by atoms with Crippen molar-refractivity contribution in [3.8, 4) is 0 Å². The van der Waals surface area contributed by atoms with Crippen LogP contribution in [0.5, 0.6) is 0 Å². The molecule has 1 heterocycles. The number of nitrogens with zero attached hydrogens (tertiary/aromatic N) is 2. The zero-order valence-corrected chi connectivity index (χ0v) is 14.3. The molecule has 3 nitrogen and oxygen atoms in total. The second-order valence-electron chi connectivity index (χ2n) is 6.22. The number of rotatable bonds is 7. The third-order valence-electron chi connectivity index (χ3n) is 4.22. The SMILES string of the molecule is CCCNCc1cccc(Cl)c1N(C)CC1CCN(C)C1. The number of para-hydroxylation sites is 1. The first-order valence-corrected chi connectivity index (χ1v) is 8.37. The highest BCUT2D eigenvalue weighted by molar-refractivity contribution is 6.33. The second-order valence-corrected chi connectivity index (χ2v) is 6.63. The van der Waals surface area contributed by atoms with Gasteiger partial charge in [0.15, 0.2) is 0 Å². The lowest BCUT2D eigenvalue weighted by molar-refractivity contribution is 0.396. The predicted molar refractivity (Wildman–Crippen MR) is 92.3 cm³/mol. The predicted octanol–water partition coefficient (Wildman–Crippen LogP) is 3.23. The van der Waals surface area contributed by atoms with Gasteiger partial charge in [0.25, 0.3) is 0 Å². The van der Waals surface area contributed by atoms with E-state index in [-0.39, 0.29) is 0 Å². The van der Waals surface area contributed by atoms with Crippen molar-refractivity contribution in [1.82, 2.24) is 10.2 Å². The van der Waals surface area contributed by atoms with E-state index in [0.717, 1.165) is 37.0 Å². The molecule has 1 saturated heterocycles. The summed E-state index contributed by atoms with van der Waals surface area (Å²) in [5.74, 6) is 0.743. The molecule has 0 amide bonds. The molecule has 0 aliphatic carbocycles. The van der Waals surface area contributed by atoms with Crippen LogP contribution in [0.2, 0.25) is 5.02 Å². The Kier molecular flexibility index (Phi) is 6.34. The highest BCUT2D eigenvalue weighted by atomic mass is 35.5. The van der Waals surface area contributed by atoms with Gasteiger partial charge < -0.3 is 15.1 Å². The van der Waals surface area contributed by atoms with Crippen LogP contribution in [0.3, 0.4) is 0 Å². The van der Waals surface area contributed by atoms with Crippen molar-refractivity contribution in [3.63, 3.8) is 0 Å². The summed E-state index contributed by atoms with van der Waals surface area (Å²) >= 11 is 6.47. The van der Waals surface area contributed by atoms with Crippen molar-refractivity contribution in [2.45, 2.75) is 26.3 Å². The molecule has 1 fully saturated rings. The largest absolute Gasteiger partial charge is 0.373 e. The molecule has 118 valence electrons. The van der Waals surface area contributed by atoms with Crippen LogP contribution in [0.1, 0.15) is 25.3 Å². The molecule has 1 unspecified atom stereocenters. The lowest BCUT2D eigenvalue weighted by Crippen LogP contribution is -2.29. The number of nitrogens with one attached hydrogen (secondary N) is 1. The molecule has 4 heteroatoms. The minimum atomic E-state index is 0.743. The van der Waals surface area contributed by atoms with Gasteiger partial charge in [-0.25, -0.2) is 0 Å². The zero-order valence-electron chi connectivity index (χ0n) is 13.5. The van der Waals surface area contributed by atoms with Crippen LogP contribution in [-0.2, 0) is 6.54 Å². The molecule has 1 atom stereocenters. The van der Waals surface area contributed by atoms with Crippen molar-refractivity contribution in [3.05, 3.63) is 28.8 Å². The van der Waals surface area contributed by atoms with Crippen LogP contribution in [0, 0.1) is 5.92 Å². The normalized spacial score (nSPS) is 19.1. The van der Waals surface area contributed by atoms with Crippen molar-refractivity contribution in [2.24, 2.45) is 5.92 Å². The van der Waals surface area contributed by atoms with Gasteiger partial charge >= 0.3 is 0 Å². The van der Waals surface area contributed by atoms with E-state index in [2.05, 4.69) is 42.2 Å². The van der Waals surface area contributed by atoms with Crippen molar-refractivity contribution in [2.75, 3.05) is 45.2 Å². The maximum atomic E-state index is 6.47. The number of hydrogen-bond donors (Lipinski definition) is 1. The summed E-state index contributed by atoms with van der Waals surface area (Å²) in [7, 11) is 4.37. The average molecular weight is 310 g/mol. The number of likely N-dealkylation sites (tertiary alicyclic amines) is 1. The van der Waals surface area contributed by atoms with E-state index in [9.17, 15) is 0 Å². The molecule has 1 N–H and O–H groups in total. The van der Waals surface area contributed by atoms with E-state index in [1.807, 2.05) is 12.1 Å². The Morgan fingerprint density at radius 1 is 1.43 bits per heavy atom. The van der Waals surface area contributed by atoms with Crippen LogP contribution >= 0.6 is 11.6 Å². The average Bonchev–Trinajstić information content (AvgIpc) is 2.84. The number of anilines is 1. The minimum absolute atomic E-state index is 0.743. The fraction of sp³-hybridized carbons (Fsp3) is 0.647. The van der Waals surface area contributed by atoms with E-state index in [1.54, 1.807) is 0 Å². The molecule has 1 aliphatic rings. The summed E-state index contributed by atoms with van der Waals surface area (Å²) in [5.41, 5.74) is 2.49. The van der Waals surface area contributed by atoms with Crippen molar-refractivity contribution < 1.29 is 0 Å². The third-order valence-corrected chi connectivity index (χ3v) is 4.52. The van der Waals surface area contributed by atoms with E-state index < -0.39 is 0 Å². The van der Waals surface area contributed by atoms with Crippen LogP contribution in [0.15, 0.2) is 18.2 Å². The molecule has 0 bridgehead atoms. The molecule has 21 heavy (non-hydrogen) atoms. The summed E-state index contributed by atoms with van der Waals surface area (Å²) in [5, 5.41) is 4.34. The fourth-order valence-electron chi connectivity index (χ4n) is 3.18. The molecular weight excluding hydrogens is 282 g/mol. The molecule has 0 aromatic heterocycles. The summed E-state index contributed by atoms with van der Waals surface area (Å²) < 4.78 is 0. The quantitative estimate of drug-likeness (QED) is 0.780. The van der Waals surface area contributed by atoms with E-state index in [4.69, 9.17) is 11.6 Å². The first kappa shape index (κ1) is 16.6. The number of halogens is 1. The van der Waals surface area contributed by atoms with Crippen LogP contribution < -0.4 is 10.2 Å². The van der Waals surface area contributed by atoms with Crippen molar-refractivity contribution >= 4 is 17.3 Å².